The number of allylic oxidation sites excluding steroid dienone is 1. The first kappa shape index (κ1) is 26.1. The molecule has 2 saturated heterocycles. The third-order valence-electron chi connectivity index (χ3n) is 8.60. The Hall–Kier alpha value is -3.10. The number of hydrogen-bond donors (Lipinski definition) is 1. The Bertz CT molecular complexity index is 1370. The van der Waals surface area contributed by atoms with Crippen LogP contribution in [0.3, 0.4) is 0 Å². The van der Waals surface area contributed by atoms with Gasteiger partial charge in [0.05, 0.1) is 23.2 Å². The molecule has 1 spiro atoms. The number of aliphatic hydroxyl groups excluding tert-OH is 1. The summed E-state index contributed by atoms with van der Waals surface area (Å²) in [6, 6.07) is 13.3. The average molecular weight is 547 g/mol. The number of cyclic esters (lactones) is 1. The van der Waals surface area contributed by atoms with E-state index in [0.29, 0.717) is 32.5 Å². The van der Waals surface area contributed by atoms with Crippen LogP contribution in [0.4, 0.5) is 5.69 Å². The van der Waals surface area contributed by atoms with Crippen molar-refractivity contribution in [2.24, 2.45) is 11.8 Å². The maximum absolute atomic E-state index is 14.6. The van der Waals surface area contributed by atoms with Crippen LogP contribution in [0.2, 0.25) is 0 Å². The van der Waals surface area contributed by atoms with E-state index in [1.807, 2.05) is 61.5 Å². The van der Waals surface area contributed by atoms with Gasteiger partial charge < -0.3 is 19.6 Å². The largest absolute Gasteiger partial charge is 0.465 e. The maximum Gasteiger partial charge on any atom is 0.311 e. The molecule has 4 aliphatic heterocycles. The van der Waals surface area contributed by atoms with Gasteiger partial charge in [0.1, 0.15) is 6.04 Å². The minimum absolute atomic E-state index is 0.0187. The van der Waals surface area contributed by atoms with Gasteiger partial charge in [-0.15, -0.1) is 11.8 Å². The number of likely N-dealkylation sites (tertiary alicyclic amines) is 1. The van der Waals surface area contributed by atoms with Crippen LogP contribution in [-0.4, -0.2) is 69.6 Å². The second kappa shape index (κ2) is 10.1. The summed E-state index contributed by atoms with van der Waals surface area (Å²) < 4.78 is 4.10. The highest BCUT2D eigenvalue weighted by atomic mass is 32.2. The highest BCUT2D eigenvalue weighted by molar-refractivity contribution is 8.02. The van der Waals surface area contributed by atoms with Crippen LogP contribution in [0.1, 0.15) is 32.6 Å². The summed E-state index contributed by atoms with van der Waals surface area (Å²) >= 11 is 1.56. The highest BCUT2D eigenvalue weighted by Crippen LogP contribution is 2.65. The molecule has 2 aromatic carbocycles. The second-order valence-electron chi connectivity index (χ2n) is 11.1. The fraction of sp³-hybridized carbons (Fsp3) is 0.452. The molecule has 4 aliphatic rings. The average Bonchev–Trinajstić information content (AvgIpc) is 3.27. The van der Waals surface area contributed by atoms with Crippen molar-refractivity contribution in [2.75, 3.05) is 31.2 Å². The van der Waals surface area contributed by atoms with E-state index < -0.39 is 27.4 Å². The number of benzene rings is 2. The Morgan fingerprint density at radius 3 is 2.64 bits per heavy atom. The molecule has 0 saturated carbocycles. The predicted molar refractivity (Wildman–Crippen MR) is 152 cm³/mol. The zero-order chi connectivity index (χ0) is 27.2. The van der Waals surface area contributed by atoms with Crippen LogP contribution >= 0.6 is 11.8 Å². The third kappa shape index (κ3) is 4.19. The monoisotopic (exact) mass is 546 g/mol. The van der Waals surface area contributed by atoms with Crippen molar-refractivity contribution in [1.29, 1.82) is 0 Å². The summed E-state index contributed by atoms with van der Waals surface area (Å²) in [5.74, 6) is -2.09. The topological polar surface area (TPSA) is 87.1 Å². The lowest BCUT2D eigenvalue weighted by molar-refractivity contribution is -0.154. The molecule has 8 heteroatoms. The summed E-state index contributed by atoms with van der Waals surface area (Å²) in [6.07, 6.45) is 10.8. The molecule has 2 amide bonds. The molecule has 0 radical (unpaired) electrons. The van der Waals surface area contributed by atoms with Gasteiger partial charge in [-0.1, -0.05) is 54.6 Å². The summed E-state index contributed by atoms with van der Waals surface area (Å²) in [5, 5.41) is 11.5. The van der Waals surface area contributed by atoms with E-state index in [1.54, 1.807) is 21.6 Å². The van der Waals surface area contributed by atoms with E-state index in [0.717, 1.165) is 29.3 Å². The maximum atomic E-state index is 14.6. The molecule has 1 N–H and O–H groups in total. The second-order valence-corrected chi connectivity index (χ2v) is 12.8. The number of thioether (sulfide) groups is 1. The van der Waals surface area contributed by atoms with Crippen molar-refractivity contribution in [2.45, 2.75) is 48.1 Å². The van der Waals surface area contributed by atoms with Crippen LogP contribution in [0.15, 0.2) is 66.8 Å². The minimum atomic E-state index is -0.902. The predicted octanol–water partition coefficient (Wildman–Crippen LogP) is 4.10. The van der Waals surface area contributed by atoms with E-state index in [-0.39, 0.29) is 24.4 Å². The molecular weight excluding hydrogens is 512 g/mol. The number of carbonyl (C=O) groups excluding carboxylic acids is 3. The van der Waals surface area contributed by atoms with Crippen molar-refractivity contribution in [3.05, 3.63) is 66.8 Å². The first-order valence-corrected chi connectivity index (χ1v) is 14.6. The molecule has 0 aliphatic carbocycles. The Labute approximate surface area is 232 Å². The number of fused-ring (bicyclic) bond motifs is 3. The summed E-state index contributed by atoms with van der Waals surface area (Å²) in [7, 11) is 0. The fourth-order valence-electron chi connectivity index (χ4n) is 6.84. The summed E-state index contributed by atoms with van der Waals surface area (Å²) in [4.78, 5) is 45.8. The molecule has 7 nitrogen and oxygen atoms in total. The van der Waals surface area contributed by atoms with Crippen molar-refractivity contribution in [3.63, 3.8) is 0 Å². The van der Waals surface area contributed by atoms with Crippen LogP contribution < -0.4 is 4.90 Å². The van der Waals surface area contributed by atoms with Gasteiger partial charge in [-0.3, -0.25) is 14.4 Å². The summed E-state index contributed by atoms with van der Waals surface area (Å²) in [6.45, 7) is 3.07. The van der Waals surface area contributed by atoms with Gasteiger partial charge in [-0.25, -0.2) is 0 Å². The first-order valence-electron chi connectivity index (χ1n) is 13.8. The standard InChI is InChI=1S/C31H34N2O5S/c1-30-14-5-2-8-19-38-29(37)25(30)24-27(35)33(16-6-7-18-34)26-28(36)32(17-9-15-31(24,26)39-30)23-13-12-21-10-3-4-11-22(21)20-23/h3-5,9-15,20,24-26,34H,2,6-8,16-19H2,1H3/b14-5-/t24-,25+,26?,30-,31-/m0/s1. The Morgan fingerprint density at radius 2 is 1.82 bits per heavy atom. The molecule has 0 bridgehead atoms. The molecule has 204 valence electrons. The van der Waals surface area contributed by atoms with Crippen molar-refractivity contribution in [3.8, 4) is 0 Å². The van der Waals surface area contributed by atoms with Crippen LogP contribution in [0.5, 0.6) is 0 Å². The first-order chi connectivity index (χ1) is 18.9. The quantitative estimate of drug-likeness (QED) is 0.345. The number of hydrogen-bond acceptors (Lipinski definition) is 6. The van der Waals surface area contributed by atoms with Gasteiger partial charge in [0.25, 0.3) is 5.91 Å². The minimum Gasteiger partial charge on any atom is -0.465 e. The van der Waals surface area contributed by atoms with Crippen molar-refractivity contribution < 1.29 is 24.2 Å². The van der Waals surface area contributed by atoms with E-state index in [1.165, 1.54) is 0 Å². The SMILES string of the molecule is C[C@]12/C=C\CCCOC(=O)[C@H]1[C@H]1C(=O)N(CCCCO)C3C(=O)N(c4ccc5ccccc5c4)CC=C[C@@]31S2. The van der Waals surface area contributed by atoms with Gasteiger partial charge >= 0.3 is 5.97 Å². The number of nitrogens with zero attached hydrogens (tertiary/aromatic N) is 2. The van der Waals surface area contributed by atoms with E-state index in [4.69, 9.17) is 4.74 Å². The van der Waals surface area contributed by atoms with Crippen molar-refractivity contribution in [1.82, 2.24) is 4.90 Å². The fourth-order valence-corrected chi connectivity index (χ4v) is 9.00. The van der Waals surface area contributed by atoms with Gasteiger partial charge in [0, 0.05) is 30.1 Å². The molecule has 0 aromatic heterocycles. The van der Waals surface area contributed by atoms with Crippen LogP contribution in [0.25, 0.3) is 10.8 Å². The van der Waals surface area contributed by atoms with Gasteiger partial charge in [-0.2, -0.15) is 0 Å². The van der Waals surface area contributed by atoms with Gasteiger partial charge in [0.2, 0.25) is 5.91 Å². The smallest absolute Gasteiger partial charge is 0.311 e. The Morgan fingerprint density at radius 1 is 1.00 bits per heavy atom. The number of anilines is 1. The summed E-state index contributed by atoms with van der Waals surface area (Å²) in [5.41, 5.74) is 0.780. The molecule has 2 aromatic rings. The van der Waals surface area contributed by atoms with Gasteiger partial charge in [-0.05, 0) is 55.5 Å². The van der Waals surface area contributed by atoms with E-state index >= 15 is 0 Å². The Kier molecular flexibility index (Phi) is 6.79. The molecule has 4 heterocycles. The lowest BCUT2D eigenvalue weighted by Gasteiger charge is -2.37. The number of ether oxygens (including phenoxy) is 1. The lowest BCUT2D eigenvalue weighted by atomic mass is 9.74. The number of amides is 2. The van der Waals surface area contributed by atoms with Crippen molar-refractivity contribution >= 4 is 46.0 Å². The number of rotatable bonds is 5. The number of carbonyl (C=O) groups is 3. The molecule has 6 rings (SSSR count). The van der Waals surface area contributed by atoms with Crippen LogP contribution in [0, 0.1) is 11.8 Å². The molecule has 5 atom stereocenters. The normalized spacial score (nSPS) is 33.1. The third-order valence-corrected chi connectivity index (χ3v) is 10.4. The van der Waals surface area contributed by atoms with Gasteiger partial charge in [0.15, 0.2) is 0 Å². The lowest BCUT2D eigenvalue weighted by Crippen LogP contribution is -2.53. The number of esters is 1. The zero-order valence-corrected chi connectivity index (χ0v) is 22.9. The number of unbranched alkanes of at least 4 members (excludes halogenated alkanes) is 1. The van der Waals surface area contributed by atoms with E-state index in [9.17, 15) is 19.5 Å². The van der Waals surface area contributed by atoms with Crippen LogP contribution in [-0.2, 0) is 19.1 Å². The zero-order valence-electron chi connectivity index (χ0n) is 22.1. The van der Waals surface area contributed by atoms with E-state index in [2.05, 4.69) is 12.2 Å². The molecule has 2 fully saturated rings. The Balaban J connectivity index is 1.46. The molecule has 1 unspecified atom stereocenters. The number of aliphatic hydroxyl groups is 1. The molecular formula is C31H34N2O5S. The highest BCUT2D eigenvalue weighted by Gasteiger charge is 2.73. The molecule has 39 heavy (non-hydrogen) atoms.